The Morgan fingerprint density at radius 1 is 1.06 bits per heavy atom. The number of aromatic nitrogens is 1. The molecular weight excluding hydrogens is 276 g/mol. The van der Waals surface area contributed by atoms with Gasteiger partial charge in [0.05, 0.1) is 11.6 Å². The lowest BCUT2D eigenvalue weighted by Crippen LogP contribution is -3.00. The van der Waals surface area contributed by atoms with Gasteiger partial charge in [-0.25, -0.2) is 4.57 Å². The first-order chi connectivity index (χ1) is 7.86. The quantitative estimate of drug-likeness (QED) is 0.522. The summed E-state index contributed by atoms with van der Waals surface area (Å²) < 4.78 is 2.15. The third kappa shape index (κ3) is 7.12. The van der Waals surface area contributed by atoms with E-state index in [1.165, 1.54) is 38.5 Å². The molecule has 1 aromatic rings. The summed E-state index contributed by atoms with van der Waals surface area (Å²) in [6.07, 6.45) is 11.9. The molecule has 1 rings (SSSR count). The van der Waals surface area contributed by atoms with E-state index in [0.29, 0.717) is 0 Å². The zero-order valence-corrected chi connectivity index (χ0v) is 12.1. The molecule has 0 unspecified atom stereocenters. The molecule has 3 heteroatoms. The Morgan fingerprint density at radius 2 is 1.65 bits per heavy atom. The molecule has 1 aromatic heterocycles. The maximum Gasteiger partial charge on any atom is 0.170 e. The SMILES string of the molecule is CCCCCCCC[n+]1ccc(C#N)cc1.[Br-]. The molecule has 94 valence electrons. The number of nitrogens with zero attached hydrogens (tertiary/aromatic N) is 2. The van der Waals surface area contributed by atoms with Crippen LogP contribution in [0.2, 0.25) is 0 Å². The lowest BCUT2D eigenvalue weighted by Gasteiger charge is -1.98. The van der Waals surface area contributed by atoms with E-state index in [0.717, 1.165) is 12.1 Å². The van der Waals surface area contributed by atoms with E-state index in [1.807, 2.05) is 24.5 Å². The van der Waals surface area contributed by atoms with E-state index < -0.39 is 0 Å². The van der Waals surface area contributed by atoms with Crippen LogP contribution in [0.25, 0.3) is 0 Å². The summed E-state index contributed by atoms with van der Waals surface area (Å²) in [5.74, 6) is 0. The molecule has 0 saturated carbocycles. The average Bonchev–Trinajstić information content (AvgIpc) is 2.34. The van der Waals surface area contributed by atoms with Crippen LogP contribution in [0.5, 0.6) is 0 Å². The highest BCUT2D eigenvalue weighted by atomic mass is 79.9. The Morgan fingerprint density at radius 3 is 2.24 bits per heavy atom. The average molecular weight is 297 g/mol. The van der Waals surface area contributed by atoms with Crippen molar-refractivity contribution in [2.45, 2.75) is 52.0 Å². The molecule has 2 nitrogen and oxygen atoms in total. The topological polar surface area (TPSA) is 27.7 Å². The molecule has 0 spiro atoms. The van der Waals surface area contributed by atoms with Gasteiger partial charge in [-0.3, -0.25) is 0 Å². The number of aryl methyl sites for hydroxylation is 1. The van der Waals surface area contributed by atoms with Crippen LogP contribution in [0.1, 0.15) is 51.0 Å². The fraction of sp³-hybridized carbons (Fsp3) is 0.571. The lowest BCUT2D eigenvalue weighted by molar-refractivity contribution is -0.697. The van der Waals surface area contributed by atoms with E-state index in [2.05, 4.69) is 17.6 Å². The number of pyridine rings is 1. The molecule has 0 saturated heterocycles. The van der Waals surface area contributed by atoms with E-state index in [4.69, 9.17) is 5.26 Å². The number of rotatable bonds is 7. The van der Waals surface area contributed by atoms with E-state index in [1.54, 1.807) is 0 Å². The highest BCUT2D eigenvalue weighted by Gasteiger charge is 1.99. The third-order valence-corrected chi connectivity index (χ3v) is 2.79. The smallest absolute Gasteiger partial charge is 0.170 e. The van der Waals surface area contributed by atoms with Crippen LogP contribution < -0.4 is 21.5 Å². The fourth-order valence-corrected chi connectivity index (χ4v) is 1.76. The van der Waals surface area contributed by atoms with Crippen molar-refractivity contribution in [1.29, 1.82) is 5.26 Å². The van der Waals surface area contributed by atoms with Gasteiger partial charge in [0.25, 0.3) is 0 Å². The molecule has 0 N–H and O–H groups in total. The summed E-state index contributed by atoms with van der Waals surface area (Å²) in [7, 11) is 0. The second-order valence-corrected chi connectivity index (χ2v) is 4.20. The van der Waals surface area contributed by atoms with Gasteiger partial charge in [-0.05, 0) is 6.42 Å². The molecule has 0 radical (unpaired) electrons. The maximum absolute atomic E-state index is 8.67. The largest absolute Gasteiger partial charge is 1.00 e. The Kier molecular flexibility index (Phi) is 9.75. The van der Waals surface area contributed by atoms with Gasteiger partial charge in [0.1, 0.15) is 6.54 Å². The first-order valence-electron chi connectivity index (χ1n) is 6.26. The van der Waals surface area contributed by atoms with Gasteiger partial charge in [-0.1, -0.05) is 32.6 Å². The normalized spacial score (nSPS) is 9.41. The number of halogens is 1. The van der Waals surface area contributed by atoms with Crippen LogP contribution >= 0.6 is 0 Å². The van der Waals surface area contributed by atoms with Crippen molar-refractivity contribution in [3.8, 4) is 6.07 Å². The van der Waals surface area contributed by atoms with E-state index in [9.17, 15) is 0 Å². The van der Waals surface area contributed by atoms with Gasteiger partial charge in [0, 0.05) is 18.6 Å². The monoisotopic (exact) mass is 296 g/mol. The second-order valence-electron chi connectivity index (χ2n) is 4.20. The van der Waals surface area contributed by atoms with Crippen LogP contribution in [0.15, 0.2) is 24.5 Å². The van der Waals surface area contributed by atoms with Crippen molar-refractivity contribution < 1.29 is 21.5 Å². The van der Waals surface area contributed by atoms with Crippen molar-refractivity contribution >= 4 is 0 Å². The van der Waals surface area contributed by atoms with Crippen molar-refractivity contribution in [1.82, 2.24) is 0 Å². The van der Waals surface area contributed by atoms with Crippen LogP contribution in [0.4, 0.5) is 0 Å². The molecule has 17 heavy (non-hydrogen) atoms. The van der Waals surface area contributed by atoms with Crippen molar-refractivity contribution in [2.75, 3.05) is 0 Å². The molecule has 0 aliphatic carbocycles. The lowest BCUT2D eigenvalue weighted by atomic mass is 10.1. The first kappa shape index (κ1) is 16.1. The molecular formula is C14H21BrN2. The van der Waals surface area contributed by atoms with E-state index >= 15 is 0 Å². The molecule has 0 amide bonds. The summed E-state index contributed by atoms with van der Waals surface area (Å²) in [5, 5.41) is 8.67. The molecule has 0 aromatic carbocycles. The first-order valence-corrected chi connectivity index (χ1v) is 6.26. The van der Waals surface area contributed by atoms with Crippen molar-refractivity contribution in [3.63, 3.8) is 0 Å². The zero-order chi connectivity index (χ0) is 11.6. The van der Waals surface area contributed by atoms with Gasteiger partial charge >= 0.3 is 0 Å². The number of unbranched alkanes of at least 4 members (excludes halogenated alkanes) is 5. The van der Waals surface area contributed by atoms with Crippen LogP contribution in [-0.4, -0.2) is 0 Å². The third-order valence-electron chi connectivity index (χ3n) is 2.79. The Hall–Kier alpha value is -0.880. The van der Waals surface area contributed by atoms with Gasteiger partial charge in [0.15, 0.2) is 12.4 Å². The zero-order valence-electron chi connectivity index (χ0n) is 10.5. The summed E-state index contributed by atoms with van der Waals surface area (Å²) in [4.78, 5) is 0. The molecule has 0 atom stereocenters. The standard InChI is InChI=1S/C14H21N2.BrH/c1-2-3-4-5-6-7-10-16-11-8-14(13-15)9-12-16;/h8-9,11-12H,2-7,10H2,1H3;1H/q+1;/p-1. The van der Waals surface area contributed by atoms with Gasteiger partial charge < -0.3 is 17.0 Å². The Bertz CT molecular complexity index is 327. The number of nitriles is 1. The molecule has 1 heterocycles. The van der Waals surface area contributed by atoms with Gasteiger partial charge in [-0.15, -0.1) is 0 Å². The predicted molar refractivity (Wildman–Crippen MR) is 64.7 cm³/mol. The predicted octanol–water partition coefficient (Wildman–Crippen LogP) is 0.210. The number of hydrogen-bond donors (Lipinski definition) is 0. The minimum absolute atomic E-state index is 0. The van der Waals surface area contributed by atoms with Crippen LogP contribution in [-0.2, 0) is 6.54 Å². The van der Waals surface area contributed by atoms with Crippen LogP contribution in [0.3, 0.4) is 0 Å². The van der Waals surface area contributed by atoms with Crippen molar-refractivity contribution in [2.24, 2.45) is 0 Å². The second kappa shape index (κ2) is 10.3. The summed E-state index contributed by atoms with van der Waals surface area (Å²) >= 11 is 0. The minimum atomic E-state index is 0. The highest BCUT2D eigenvalue weighted by molar-refractivity contribution is 5.23. The van der Waals surface area contributed by atoms with Crippen LogP contribution in [0, 0.1) is 11.3 Å². The highest BCUT2D eigenvalue weighted by Crippen LogP contribution is 2.04. The van der Waals surface area contributed by atoms with Gasteiger partial charge in [0.2, 0.25) is 0 Å². The molecule has 0 fully saturated rings. The minimum Gasteiger partial charge on any atom is -1.00 e. The maximum atomic E-state index is 8.67. The summed E-state index contributed by atoms with van der Waals surface area (Å²) in [6.45, 7) is 3.31. The Labute approximate surface area is 115 Å². The molecule has 0 aliphatic rings. The van der Waals surface area contributed by atoms with E-state index in [-0.39, 0.29) is 17.0 Å². The van der Waals surface area contributed by atoms with Crippen molar-refractivity contribution in [3.05, 3.63) is 30.1 Å². The summed E-state index contributed by atoms with van der Waals surface area (Å²) in [6, 6.07) is 5.88. The Balaban J connectivity index is 0.00000256. The number of hydrogen-bond acceptors (Lipinski definition) is 1. The van der Waals surface area contributed by atoms with Gasteiger partial charge in [-0.2, -0.15) is 5.26 Å². The summed E-state index contributed by atoms with van der Waals surface area (Å²) in [5.41, 5.74) is 0.735. The molecule has 0 aliphatic heterocycles. The molecule has 0 bridgehead atoms. The fourth-order valence-electron chi connectivity index (χ4n) is 1.76.